The number of halogens is 1. The highest BCUT2D eigenvalue weighted by atomic mass is 19.1. The molecular weight excluding hydrogens is 359 g/mol. The van der Waals surface area contributed by atoms with E-state index in [9.17, 15) is 14.0 Å². The fourth-order valence-corrected chi connectivity index (χ4v) is 3.11. The Morgan fingerprint density at radius 3 is 2.54 bits per heavy atom. The molecule has 1 N–H and O–H groups in total. The van der Waals surface area contributed by atoms with Gasteiger partial charge in [-0.2, -0.15) is 0 Å². The van der Waals surface area contributed by atoms with Crippen LogP contribution in [0.5, 0.6) is 0 Å². The Morgan fingerprint density at radius 1 is 1.11 bits per heavy atom. The molecule has 0 saturated heterocycles. The van der Waals surface area contributed by atoms with Gasteiger partial charge in [0.25, 0.3) is 11.8 Å². The van der Waals surface area contributed by atoms with Crippen molar-refractivity contribution in [2.75, 3.05) is 18.4 Å². The van der Waals surface area contributed by atoms with Crippen LogP contribution in [-0.2, 0) is 0 Å². The predicted molar refractivity (Wildman–Crippen MR) is 106 cm³/mol. The number of pyridine rings is 1. The van der Waals surface area contributed by atoms with E-state index < -0.39 is 11.7 Å². The van der Waals surface area contributed by atoms with Gasteiger partial charge in [-0.05, 0) is 43.2 Å². The molecule has 1 aromatic carbocycles. The number of fused-ring (bicyclic) bond motifs is 1. The van der Waals surface area contributed by atoms with Crippen LogP contribution in [0.2, 0.25) is 0 Å². The second-order valence-corrected chi connectivity index (χ2v) is 6.50. The minimum Gasteiger partial charge on any atom is -0.337 e. The molecule has 0 aliphatic carbocycles. The van der Waals surface area contributed by atoms with Crippen LogP contribution in [0.25, 0.3) is 5.52 Å². The zero-order chi connectivity index (χ0) is 20.1. The highest BCUT2D eigenvalue weighted by molar-refractivity contribution is 6.06. The van der Waals surface area contributed by atoms with Crippen LogP contribution < -0.4 is 5.32 Å². The summed E-state index contributed by atoms with van der Waals surface area (Å²) in [4.78, 5) is 31.9. The molecule has 0 radical (unpaired) electrons. The normalized spacial score (nSPS) is 10.8. The molecular formula is C21H23FN4O2. The number of benzene rings is 1. The lowest BCUT2D eigenvalue weighted by molar-refractivity contribution is 0.0752. The molecule has 3 aromatic rings. The molecule has 0 aliphatic rings. The Balaban J connectivity index is 1.98. The summed E-state index contributed by atoms with van der Waals surface area (Å²) in [5, 5.41) is 2.64. The highest BCUT2D eigenvalue weighted by Crippen LogP contribution is 2.18. The fourth-order valence-electron chi connectivity index (χ4n) is 3.11. The van der Waals surface area contributed by atoms with Crippen molar-refractivity contribution in [1.29, 1.82) is 0 Å². The number of nitrogens with one attached hydrogen (secondary N) is 1. The number of imidazole rings is 1. The van der Waals surface area contributed by atoms with E-state index in [-0.39, 0.29) is 17.4 Å². The molecule has 0 fully saturated rings. The molecule has 7 heteroatoms. The summed E-state index contributed by atoms with van der Waals surface area (Å²) in [5.74, 6) is -1.08. The first-order valence-electron chi connectivity index (χ1n) is 9.38. The van der Waals surface area contributed by atoms with Gasteiger partial charge < -0.3 is 10.2 Å². The number of hydrogen-bond acceptors (Lipinski definition) is 3. The van der Waals surface area contributed by atoms with Crippen LogP contribution in [0.15, 0.2) is 48.7 Å². The van der Waals surface area contributed by atoms with E-state index in [2.05, 4.69) is 10.3 Å². The summed E-state index contributed by atoms with van der Waals surface area (Å²) < 4.78 is 15.0. The molecule has 28 heavy (non-hydrogen) atoms. The molecule has 0 aliphatic heterocycles. The molecule has 146 valence electrons. The van der Waals surface area contributed by atoms with Gasteiger partial charge in [-0.1, -0.05) is 26.0 Å². The summed E-state index contributed by atoms with van der Waals surface area (Å²) >= 11 is 0. The first-order valence-corrected chi connectivity index (χ1v) is 9.38. The topological polar surface area (TPSA) is 66.7 Å². The Bertz CT molecular complexity index is 993. The van der Waals surface area contributed by atoms with Crippen LogP contribution >= 0.6 is 0 Å². The van der Waals surface area contributed by atoms with Gasteiger partial charge in [0.2, 0.25) is 5.82 Å². The van der Waals surface area contributed by atoms with Crippen molar-refractivity contribution in [2.45, 2.75) is 26.7 Å². The van der Waals surface area contributed by atoms with Gasteiger partial charge in [0.15, 0.2) is 5.69 Å². The van der Waals surface area contributed by atoms with Gasteiger partial charge in [0.1, 0.15) is 5.82 Å². The van der Waals surface area contributed by atoms with Gasteiger partial charge in [-0.3, -0.25) is 14.0 Å². The first-order chi connectivity index (χ1) is 13.5. The third-order valence-corrected chi connectivity index (χ3v) is 4.31. The third-order valence-electron chi connectivity index (χ3n) is 4.31. The molecule has 0 atom stereocenters. The van der Waals surface area contributed by atoms with E-state index in [0.29, 0.717) is 24.3 Å². The standard InChI is InChI=1S/C21H23FN4O2/c1-3-11-25(12-4-2)21(28)18-17-10-5-6-13-26(17)19(24-18)20(27)23-16-9-7-8-15(22)14-16/h5-10,13-14H,3-4,11-12H2,1-2H3,(H,23,27). The minimum atomic E-state index is -0.511. The lowest BCUT2D eigenvalue weighted by Gasteiger charge is -2.20. The van der Waals surface area contributed by atoms with E-state index in [1.165, 1.54) is 18.2 Å². The number of rotatable bonds is 7. The summed E-state index contributed by atoms with van der Waals surface area (Å²) in [6.07, 6.45) is 3.36. The van der Waals surface area contributed by atoms with Crippen LogP contribution in [0.4, 0.5) is 10.1 Å². The third kappa shape index (κ3) is 4.03. The maximum Gasteiger partial charge on any atom is 0.292 e. The van der Waals surface area contributed by atoms with Crippen molar-refractivity contribution >= 4 is 23.0 Å². The Labute approximate surface area is 163 Å². The van der Waals surface area contributed by atoms with Gasteiger partial charge in [-0.25, -0.2) is 9.37 Å². The van der Waals surface area contributed by atoms with E-state index in [0.717, 1.165) is 12.8 Å². The number of carbonyl (C=O) groups is 2. The van der Waals surface area contributed by atoms with Crippen molar-refractivity contribution < 1.29 is 14.0 Å². The molecule has 0 unspecified atom stereocenters. The number of aromatic nitrogens is 2. The SMILES string of the molecule is CCCN(CCC)C(=O)c1nc(C(=O)Nc2cccc(F)c2)n2ccccc12. The van der Waals surface area contributed by atoms with Crippen molar-refractivity contribution in [3.05, 3.63) is 66.0 Å². The summed E-state index contributed by atoms with van der Waals surface area (Å²) in [6.45, 7) is 5.28. The average molecular weight is 382 g/mol. The van der Waals surface area contributed by atoms with E-state index in [1.807, 2.05) is 13.8 Å². The predicted octanol–water partition coefficient (Wildman–Crippen LogP) is 3.99. The molecule has 2 amide bonds. The Hall–Kier alpha value is -3.22. The van der Waals surface area contributed by atoms with Gasteiger partial charge in [-0.15, -0.1) is 0 Å². The van der Waals surface area contributed by atoms with Crippen molar-refractivity contribution in [3.8, 4) is 0 Å². The second-order valence-electron chi connectivity index (χ2n) is 6.50. The summed E-state index contributed by atoms with van der Waals surface area (Å²) in [6, 6.07) is 10.9. The lowest BCUT2D eigenvalue weighted by Crippen LogP contribution is -2.33. The zero-order valence-corrected chi connectivity index (χ0v) is 16.0. The summed E-state index contributed by atoms with van der Waals surface area (Å²) in [7, 11) is 0. The van der Waals surface area contributed by atoms with E-state index in [4.69, 9.17) is 0 Å². The largest absolute Gasteiger partial charge is 0.337 e. The van der Waals surface area contributed by atoms with E-state index >= 15 is 0 Å². The van der Waals surface area contributed by atoms with Crippen LogP contribution in [0, 0.1) is 5.82 Å². The molecule has 2 aromatic heterocycles. The molecule has 2 heterocycles. The maximum absolute atomic E-state index is 13.4. The highest BCUT2D eigenvalue weighted by Gasteiger charge is 2.24. The zero-order valence-electron chi connectivity index (χ0n) is 16.0. The number of nitrogens with zero attached hydrogens (tertiary/aromatic N) is 3. The maximum atomic E-state index is 13.4. The summed E-state index contributed by atoms with van der Waals surface area (Å²) in [5.41, 5.74) is 1.13. The van der Waals surface area contributed by atoms with Crippen molar-refractivity contribution in [2.24, 2.45) is 0 Å². The lowest BCUT2D eigenvalue weighted by atomic mass is 10.2. The average Bonchev–Trinajstić information content (AvgIpc) is 3.07. The molecule has 0 spiro atoms. The van der Waals surface area contributed by atoms with Crippen molar-refractivity contribution in [3.63, 3.8) is 0 Å². The van der Waals surface area contributed by atoms with Gasteiger partial charge in [0.05, 0.1) is 5.52 Å². The molecule has 3 rings (SSSR count). The minimum absolute atomic E-state index is 0.0798. The van der Waals surface area contributed by atoms with Gasteiger partial charge >= 0.3 is 0 Å². The monoisotopic (exact) mass is 382 g/mol. The fraction of sp³-hybridized carbons (Fsp3) is 0.286. The number of anilines is 1. The number of amides is 2. The van der Waals surface area contributed by atoms with Gasteiger partial charge in [0, 0.05) is 25.0 Å². The first kappa shape index (κ1) is 19.5. The van der Waals surface area contributed by atoms with Crippen LogP contribution in [-0.4, -0.2) is 39.2 Å². The van der Waals surface area contributed by atoms with E-state index in [1.54, 1.807) is 39.8 Å². The number of hydrogen-bond donors (Lipinski definition) is 1. The Morgan fingerprint density at radius 2 is 1.86 bits per heavy atom. The second kappa shape index (κ2) is 8.65. The van der Waals surface area contributed by atoms with Crippen LogP contribution in [0.1, 0.15) is 47.8 Å². The van der Waals surface area contributed by atoms with Crippen LogP contribution in [0.3, 0.4) is 0 Å². The molecule has 0 saturated carbocycles. The smallest absolute Gasteiger partial charge is 0.292 e. The quantitative estimate of drug-likeness (QED) is 0.672. The van der Waals surface area contributed by atoms with Crippen molar-refractivity contribution in [1.82, 2.24) is 14.3 Å². The number of carbonyl (C=O) groups excluding carboxylic acids is 2. The molecule has 6 nitrogen and oxygen atoms in total. The molecule has 0 bridgehead atoms. The Kier molecular flexibility index (Phi) is 6.03.